The Bertz CT molecular complexity index is 561. The number of nitrogens with one attached hydrogen (secondary N) is 3. The smallest absolute Gasteiger partial charge is 0.340 e. The first-order chi connectivity index (χ1) is 9.17. The molecule has 0 bridgehead atoms. The summed E-state index contributed by atoms with van der Waals surface area (Å²) >= 11 is 0. The van der Waals surface area contributed by atoms with Crippen LogP contribution in [0.2, 0.25) is 0 Å². The molecule has 7 heteroatoms. The number of ether oxygens (including phenoxy) is 1. The van der Waals surface area contributed by atoms with Crippen molar-refractivity contribution >= 4 is 5.69 Å². The third kappa shape index (κ3) is 3.85. The molecule has 7 nitrogen and oxygen atoms in total. The van der Waals surface area contributed by atoms with Crippen molar-refractivity contribution in [1.82, 2.24) is 15.2 Å². The molecule has 0 radical (unpaired) electrons. The van der Waals surface area contributed by atoms with E-state index in [1.165, 1.54) is 0 Å². The van der Waals surface area contributed by atoms with Gasteiger partial charge in [0.05, 0.1) is 13.2 Å². The monoisotopic (exact) mass is 264 g/mol. The molecule has 0 saturated carbocycles. The third-order valence-corrected chi connectivity index (χ3v) is 2.61. The van der Waals surface area contributed by atoms with Crippen molar-refractivity contribution in [3.05, 3.63) is 40.6 Å². The van der Waals surface area contributed by atoms with Gasteiger partial charge in [-0.05, 0) is 24.3 Å². The van der Waals surface area contributed by atoms with Crippen LogP contribution in [0, 0.1) is 0 Å². The second-order valence-corrected chi connectivity index (χ2v) is 4.09. The number of hydrogen-bond acceptors (Lipinski definition) is 5. The highest BCUT2D eigenvalue weighted by Gasteiger charge is 2.08. The van der Waals surface area contributed by atoms with Crippen LogP contribution in [0.1, 0.15) is 5.82 Å². The van der Waals surface area contributed by atoms with Crippen molar-refractivity contribution in [1.29, 1.82) is 0 Å². The minimum Gasteiger partial charge on any atom is -0.497 e. The molecule has 19 heavy (non-hydrogen) atoms. The lowest BCUT2D eigenvalue weighted by Gasteiger charge is -2.11. The molecule has 102 valence electrons. The van der Waals surface area contributed by atoms with Crippen LogP contribution in [-0.4, -0.2) is 40.0 Å². The van der Waals surface area contributed by atoms with Crippen molar-refractivity contribution in [2.75, 3.05) is 19.0 Å². The van der Waals surface area contributed by atoms with Crippen molar-refractivity contribution in [3.8, 4) is 5.75 Å². The zero-order valence-electron chi connectivity index (χ0n) is 10.5. The Morgan fingerprint density at radius 3 is 2.74 bits per heavy atom. The van der Waals surface area contributed by atoms with Crippen molar-refractivity contribution in [2.24, 2.45) is 0 Å². The molecule has 4 N–H and O–H groups in total. The number of benzene rings is 1. The van der Waals surface area contributed by atoms with Crippen LogP contribution < -0.4 is 15.7 Å². The summed E-state index contributed by atoms with van der Waals surface area (Å²) in [6, 6.07) is 7.39. The Kier molecular flexibility index (Phi) is 4.19. The molecule has 2 aromatic rings. The molecule has 1 aromatic carbocycles. The fourth-order valence-corrected chi connectivity index (χ4v) is 1.64. The maximum Gasteiger partial charge on any atom is 0.340 e. The number of aromatic amines is 2. The van der Waals surface area contributed by atoms with Gasteiger partial charge in [-0.3, -0.25) is 4.98 Å². The summed E-state index contributed by atoms with van der Waals surface area (Å²) in [7, 11) is 1.61. The highest BCUT2D eigenvalue weighted by molar-refractivity contribution is 5.46. The molecule has 1 atom stereocenters. The first-order valence-electron chi connectivity index (χ1n) is 5.87. The van der Waals surface area contributed by atoms with Crippen LogP contribution in [0.5, 0.6) is 5.75 Å². The van der Waals surface area contributed by atoms with E-state index in [9.17, 15) is 9.90 Å². The molecule has 0 aliphatic rings. The molecule has 1 aromatic heterocycles. The zero-order chi connectivity index (χ0) is 13.7. The van der Waals surface area contributed by atoms with Gasteiger partial charge in [0.2, 0.25) is 0 Å². The van der Waals surface area contributed by atoms with Gasteiger partial charge in [0.15, 0.2) is 0 Å². The average Bonchev–Trinajstić information content (AvgIpc) is 2.82. The van der Waals surface area contributed by atoms with Crippen LogP contribution in [0.4, 0.5) is 5.69 Å². The van der Waals surface area contributed by atoms with E-state index in [1.807, 2.05) is 24.3 Å². The Labute approximate surface area is 109 Å². The van der Waals surface area contributed by atoms with Crippen molar-refractivity contribution < 1.29 is 9.84 Å². The van der Waals surface area contributed by atoms with Gasteiger partial charge >= 0.3 is 5.69 Å². The lowest BCUT2D eigenvalue weighted by molar-refractivity contribution is 0.185. The Hall–Kier alpha value is -2.28. The topological polar surface area (TPSA) is 103 Å². The van der Waals surface area contributed by atoms with Crippen LogP contribution in [-0.2, 0) is 6.42 Å². The minimum atomic E-state index is -0.638. The third-order valence-electron chi connectivity index (χ3n) is 2.61. The molecule has 0 fully saturated rings. The molecule has 0 spiro atoms. The highest BCUT2D eigenvalue weighted by atomic mass is 16.5. The molecule has 1 heterocycles. The van der Waals surface area contributed by atoms with E-state index >= 15 is 0 Å². The number of methoxy groups -OCH3 is 1. The van der Waals surface area contributed by atoms with E-state index in [0.717, 1.165) is 11.4 Å². The lowest BCUT2D eigenvalue weighted by atomic mass is 10.2. The number of aliphatic hydroxyl groups excluding tert-OH is 1. The predicted octanol–water partition coefficient (Wildman–Crippen LogP) is 0.122. The maximum atomic E-state index is 10.8. The summed E-state index contributed by atoms with van der Waals surface area (Å²) in [6.07, 6.45) is -0.358. The lowest BCUT2D eigenvalue weighted by Crippen LogP contribution is -2.22. The summed E-state index contributed by atoms with van der Waals surface area (Å²) in [6.45, 7) is 0.362. The van der Waals surface area contributed by atoms with Gasteiger partial charge in [-0.2, -0.15) is 5.10 Å². The van der Waals surface area contributed by atoms with E-state index in [1.54, 1.807) is 7.11 Å². The fourth-order valence-electron chi connectivity index (χ4n) is 1.64. The number of rotatable bonds is 6. The molecular weight excluding hydrogens is 248 g/mol. The summed E-state index contributed by atoms with van der Waals surface area (Å²) in [5.74, 6) is 1.22. The fraction of sp³-hybridized carbons (Fsp3) is 0.333. The van der Waals surface area contributed by atoms with Gasteiger partial charge in [-0.25, -0.2) is 9.89 Å². The maximum absolute atomic E-state index is 10.8. The number of aromatic nitrogens is 3. The van der Waals surface area contributed by atoms with E-state index in [4.69, 9.17) is 4.74 Å². The Morgan fingerprint density at radius 2 is 2.16 bits per heavy atom. The molecule has 0 aliphatic carbocycles. The molecular formula is C12H16N4O3. The predicted molar refractivity (Wildman–Crippen MR) is 70.4 cm³/mol. The Balaban J connectivity index is 1.82. The summed E-state index contributed by atoms with van der Waals surface area (Å²) in [5.41, 5.74) is 0.515. The standard InChI is InChI=1S/C12H16N4O3/c1-19-10-4-2-8(3-5-10)13-7-9(17)6-11-14-12(18)16-15-11/h2-5,9,13,17H,6-7H2,1H3,(H2,14,15,16,18). The number of H-pyrrole nitrogens is 2. The number of anilines is 1. The van der Waals surface area contributed by atoms with Crippen LogP contribution in [0.15, 0.2) is 29.1 Å². The average molecular weight is 264 g/mol. The highest BCUT2D eigenvalue weighted by Crippen LogP contribution is 2.14. The van der Waals surface area contributed by atoms with E-state index in [2.05, 4.69) is 20.5 Å². The SMILES string of the molecule is COc1ccc(NCC(O)Cc2n[nH]c(=O)[nH]2)cc1. The van der Waals surface area contributed by atoms with Crippen molar-refractivity contribution in [3.63, 3.8) is 0 Å². The molecule has 2 rings (SSSR count). The largest absolute Gasteiger partial charge is 0.497 e. The molecule has 0 amide bonds. The zero-order valence-corrected chi connectivity index (χ0v) is 10.5. The van der Waals surface area contributed by atoms with E-state index < -0.39 is 6.10 Å². The van der Waals surface area contributed by atoms with Gasteiger partial charge in [0, 0.05) is 18.7 Å². The molecule has 1 unspecified atom stereocenters. The molecule has 0 aliphatic heterocycles. The van der Waals surface area contributed by atoms with Gasteiger partial charge in [-0.1, -0.05) is 0 Å². The number of hydrogen-bond donors (Lipinski definition) is 4. The van der Waals surface area contributed by atoms with Gasteiger partial charge in [0.1, 0.15) is 11.6 Å². The van der Waals surface area contributed by atoms with Crippen LogP contribution in [0.3, 0.4) is 0 Å². The molecule has 0 saturated heterocycles. The summed E-state index contributed by atoms with van der Waals surface area (Å²) in [5, 5.41) is 18.9. The second-order valence-electron chi connectivity index (χ2n) is 4.09. The van der Waals surface area contributed by atoms with Gasteiger partial charge < -0.3 is 15.2 Å². The van der Waals surface area contributed by atoms with Crippen LogP contribution in [0.25, 0.3) is 0 Å². The minimum absolute atomic E-state index is 0.280. The first-order valence-corrected chi connectivity index (χ1v) is 5.87. The summed E-state index contributed by atoms with van der Waals surface area (Å²) < 4.78 is 5.05. The first kappa shape index (κ1) is 13.2. The van der Waals surface area contributed by atoms with E-state index in [-0.39, 0.29) is 12.1 Å². The number of nitrogens with zero attached hydrogens (tertiary/aromatic N) is 1. The number of aliphatic hydroxyl groups is 1. The normalized spacial score (nSPS) is 12.1. The Morgan fingerprint density at radius 1 is 1.42 bits per heavy atom. The van der Waals surface area contributed by atoms with Crippen molar-refractivity contribution in [2.45, 2.75) is 12.5 Å². The van der Waals surface area contributed by atoms with Gasteiger partial charge in [0.25, 0.3) is 0 Å². The van der Waals surface area contributed by atoms with Crippen LogP contribution >= 0.6 is 0 Å². The quantitative estimate of drug-likeness (QED) is 0.593. The second kappa shape index (κ2) is 6.05. The summed E-state index contributed by atoms with van der Waals surface area (Å²) in [4.78, 5) is 13.3. The van der Waals surface area contributed by atoms with Gasteiger partial charge in [-0.15, -0.1) is 0 Å². The van der Waals surface area contributed by atoms with E-state index in [0.29, 0.717) is 12.4 Å².